The van der Waals surface area contributed by atoms with Gasteiger partial charge in [0.25, 0.3) is 0 Å². The van der Waals surface area contributed by atoms with Crippen molar-refractivity contribution >= 4 is 11.8 Å². The highest BCUT2D eigenvalue weighted by Crippen LogP contribution is 2.10. The Morgan fingerprint density at radius 1 is 1.29 bits per heavy atom. The van der Waals surface area contributed by atoms with Gasteiger partial charge in [0.15, 0.2) is 11.6 Å². The normalized spacial score (nSPS) is 10.2. The fourth-order valence-electron chi connectivity index (χ4n) is 1.38. The van der Waals surface area contributed by atoms with E-state index in [1.165, 1.54) is 0 Å². The van der Waals surface area contributed by atoms with Gasteiger partial charge < -0.3 is 11.1 Å². The van der Waals surface area contributed by atoms with E-state index in [9.17, 15) is 4.39 Å². The number of halogens is 1. The average molecular weight is 233 g/mol. The summed E-state index contributed by atoms with van der Waals surface area (Å²) >= 11 is 0. The first-order valence-electron chi connectivity index (χ1n) is 5.16. The smallest absolute Gasteiger partial charge is 0.222 e. The van der Waals surface area contributed by atoms with Gasteiger partial charge in [-0.1, -0.05) is 0 Å². The number of nitrogens with zero attached hydrogens (tertiary/aromatic N) is 3. The Balaban J connectivity index is 1.92. The van der Waals surface area contributed by atoms with Crippen molar-refractivity contribution in [2.45, 2.75) is 6.42 Å². The maximum absolute atomic E-state index is 13.2. The van der Waals surface area contributed by atoms with Gasteiger partial charge in [0.1, 0.15) is 0 Å². The van der Waals surface area contributed by atoms with Crippen molar-refractivity contribution in [3.05, 3.63) is 42.1 Å². The van der Waals surface area contributed by atoms with Crippen LogP contribution < -0.4 is 11.1 Å². The number of anilines is 2. The summed E-state index contributed by atoms with van der Waals surface area (Å²) in [7, 11) is 0. The topological polar surface area (TPSA) is 76.7 Å². The van der Waals surface area contributed by atoms with Crippen LogP contribution in [0.15, 0.2) is 30.7 Å². The summed E-state index contributed by atoms with van der Waals surface area (Å²) in [6.45, 7) is 0.567. The summed E-state index contributed by atoms with van der Waals surface area (Å²) in [4.78, 5) is 11.2. The Labute approximate surface area is 97.9 Å². The number of rotatable bonds is 4. The van der Waals surface area contributed by atoms with E-state index < -0.39 is 5.82 Å². The fraction of sp³-hybridized carbons (Fsp3) is 0.182. The lowest BCUT2D eigenvalue weighted by atomic mass is 10.2. The van der Waals surface area contributed by atoms with Crippen molar-refractivity contribution in [2.24, 2.45) is 0 Å². The Kier molecular flexibility index (Phi) is 3.44. The molecule has 0 atom stereocenters. The molecule has 6 heteroatoms. The van der Waals surface area contributed by atoms with E-state index in [1.807, 2.05) is 12.1 Å². The maximum atomic E-state index is 13.2. The standard InChI is InChI=1S/C11H12FN5/c12-9-7-16-11(13)17-10(9)15-6-3-8-1-4-14-5-2-8/h1-2,4-5,7H,3,6H2,(H3,13,15,16,17). The molecule has 0 amide bonds. The number of nitrogens with one attached hydrogen (secondary N) is 1. The molecule has 5 nitrogen and oxygen atoms in total. The van der Waals surface area contributed by atoms with Crippen LogP contribution in [-0.4, -0.2) is 21.5 Å². The van der Waals surface area contributed by atoms with Gasteiger partial charge in [-0.25, -0.2) is 9.37 Å². The van der Waals surface area contributed by atoms with E-state index in [-0.39, 0.29) is 11.8 Å². The molecule has 2 heterocycles. The highest BCUT2D eigenvalue weighted by Gasteiger charge is 2.04. The van der Waals surface area contributed by atoms with Gasteiger partial charge in [-0.05, 0) is 24.1 Å². The first kappa shape index (κ1) is 11.3. The van der Waals surface area contributed by atoms with Gasteiger partial charge in [-0.3, -0.25) is 4.98 Å². The molecule has 2 aromatic heterocycles. The second kappa shape index (κ2) is 5.20. The Morgan fingerprint density at radius 2 is 2.06 bits per heavy atom. The number of hydrogen-bond donors (Lipinski definition) is 2. The van der Waals surface area contributed by atoms with Gasteiger partial charge in [0, 0.05) is 18.9 Å². The van der Waals surface area contributed by atoms with Crippen molar-refractivity contribution in [2.75, 3.05) is 17.6 Å². The number of pyridine rings is 1. The van der Waals surface area contributed by atoms with E-state index in [2.05, 4.69) is 20.3 Å². The van der Waals surface area contributed by atoms with Crippen LogP contribution in [0.3, 0.4) is 0 Å². The molecule has 17 heavy (non-hydrogen) atoms. The van der Waals surface area contributed by atoms with Crippen LogP contribution in [0, 0.1) is 5.82 Å². The third kappa shape index (κ3) is 3.10. The number of nitrogens with two attached hydrogens (primary N) is 1. The number of nitrogen functional groups attached to an aromatic ring is 1. The predicted molar refractivity (Wildman–Crippen MR) is 62.8 cm³/mol. The largest absolute Gasteiger partial charge is 0.368 e. The first-order chi connectivity index (χ1) is 8.25. The van der Waals surface area contributed by atoms with Crippen LogP contribution >= 0.6 is 0 Å². The highest BCUT2D eigenvalue weighted by molar-refractivity contribution is 5.39. The minimum Gasteiger partial charge on any atom is -0.368 e. The summed E-state index contributed by atoms with van der Waals surface area (Å²) in [5, 5.41) is 2.88. The van der Waals surface area contributed by atoms with E-state index in [0.717, 1.165) is 18.2 Å². The molecule has 0 saturated heterocycles. The molecule has 0 radical (unpaired) electrons. The summed E-state index contributed by atoms with van der Waals surface area (Å²) in [5.74, 6) is -0.321. The SMILES string of the molecule is Nc1ncc(F)c(NCCc2ccncc2)n1. The lowest BCUT2D eigenvalue weighted by Gasteiger charge is -2.06. The average Bonchev–Trinajstić information content (AvgIpc) is 2.35. The highest BCUT2D eigenvalue weighted by atomic mass is 19.1. The zero-order valence-corrected chi connectivity index (χ0v) is 9.10. The first-order valence-corrected chi connectivity index (χ1v) is 5.16. The van der Waals surface area contributed by atoms with Crippen molar-refractivity contribution in [3.8, 4) is 0 Å². The second-order valence-electron chi connectivity index (χ2n) is 3.46. The minimum atomic E-state index is -0.506. The van der Waals surface area contributed by atoms with Crippen LogP contribution in [0.5, 0.6) is 0 Å². The molecule has 2 rings (SSSR count). The molecular weight excluding hydrogens is 221 g/mol. The predicted octanol–water partition coefficient (Wildman–Crippen LogP) is 1.25. The van der Waals surface area contributed by atoms with Crippen LogP contribution in [0.25, 0.3) is 0 Å². The van der Waals surface area contributed by atoms with Crippen LogP contribution in [0.4, 0.5) is 16.2 Å². The zero-order chi connectivity index (χ0) is 12.1. The lowest BCUT2D eigenvalue weighted by molar-refractivity contribution is 0.617. The molecule has 0 spiro atoms. The zero-order valence-electron chi connectivity index (χ0n) is 9.10. The van der Waals surface area contributed by atoms with Crippen LogP contribution in [-0.2, 0) is 6.42 Å². The van der Waals surface area contributed by atoms with Crippen molar-refractivity contribution in [1.29, 1.82) is 0 Å². The van der Waals surface area contributed by atoms with Gasteiger partial charge >= 0.3 is 0 Å². The van der Waals surface area contributed by atoms with E-state index in [4.69, 9.17) is 5.73 Å². The van der Waals surface area contributed by atoms with E-state index in [0.29, 0.717) is 6.54 Å². The van der Waals surface area contributed by atoms with E-state index in [1.54, 1.807) is 12.4 Å². The molecule has 2 aromatic rings. The second-order valence-corrected chi connectivity index (χ2v) is 3.46. The Bertz CT molecular complexity index is 488. The third-order valence-corrected chi connectivity index (χ3v) is 2.22. The Hall–Kier alpha value is -2.24. The van der Waals surface area contributed by atoms with Crippen LogP contribution in [0.2, 0.25) is 0 Å². The lowest BCUT2D eigenvalue weighted by Crippen LogP contribution is -2.09. The quantitative estimate of drug-likeness (QED) is 0.831. The number of hydrogen-bond acceptors (Lipinski definition) is 5. The fourth-order valence-corrected chi connectivity index (χ4v) is 1.38. The molecule has 88 valence electrons. The molecule has 0 aromatic carbocycles. The van der Waals surface area contributed by atoms with Crippen molar-refractivity contribution in [3.63, 3.8) is 0 Å². The summed E-state index contributed by atoms with van der Waals surface area (Å²) in [6.07, 6.45) is 5.25. The molecule has 0 aliphatic carbocycles. The molecular formula is C11H12FN5. The van der Waals surface area contributed by atoms with Gasteiger partial charge in [0.05, 0.1) is 6.20 Å². The third-order valence-electron chi connectivity index (χ3n) is 2.22. The van der Waals surface area contributed by atoms with Crippen molar-refractivity contribution in [1.82, 2.24) is 15.0 Å². The van der Waals surface area contributed by atoms with Crippen LogP contribution in [0.1, 0.15) is 5.56 Å². The summed E-state index contributed by atoms with van der Waals surface area (Å²) < 4.78 is 13.2. The van der Waals surface area contributed by atoms with E-state index >= 15 is 0 Å². The molecule has 0 aliphatic rings. The molecule has 3 N–H and O–H groups in total. The molecule has 0 aliphatic heterocycles. The van der Waals surface area contributed by atoms with Gasteiger partial charge in [-0.15, -0.1) is 0 Å². The monoisotopic (exact) mass is 233 g/mol. The Morgan fingerprint density at radius 3 is 2.82 bits per heavy atom. The summed E-state index contributed by atoms with van der Waals surface area (Å²) in [6, 6.07) is 3.82. The summed E-state index contributed by atoms with van der Waals surface area (Å²) in [5.41, 5.74) is 6.49. The van der Waals surface area contributed by atoms with Crippen molar-refractivity contribution < 1.29 is 4.39 Å². The molecule has 0 unspecified atom stereocenters. The molecule has 0 fully saturated rings. The maximum Gasteiger partial charge on any atom is 0.222 e. The molecule has 0 bridgehead atoms. The van der Waals surface area contributed by atoms with Gasteiger partial charge in [0.2, 0.25) is 5.95 Å². The van der Waals surface area contributed by atoms with Gasteiger partial charge in [-0.2, -0.15) is 4.98 Å². The molecule has 0 saturated carbocycles. The number of aromatic nitrogens is 3. The minimum absolute atomic E-state index is 0.0535.